The Kier molecular flexibility index (Phi) is 5.40. The number of hydrogen-bond donors (Lipinski definition) is 2. The summed E-state index contributed by atoms with van der Waals surface area (Å²) in [5.74, 6) is 1.57. The van der Waals surface area contributed by atoms with Gasteiger partial charge in [0.25, 0.3) is 0 Å². The van der Waals surface area contributed by atoms with Crippen molar-refractivity contribution in [3.05, 3.63) is 47.4 Å². The number of carbonyl (C=O) groups excluding carboxylic acids is 1. The summed E-state index contributed by atoms with van der Waals surface area (Å²) in [4.78, 5) is 23.7. The molecule has 31 heavy (non-hydrogen) atoms. The van der Waals surface area contributed by atoms with Gasteiger partial charge in [0.2, 0.25) is 5.91 Å². The van der Waals surface area contributed by atoms with Crippen LogP contribution in [0.1, 0.15) is 68.4 Å². The minimum absolute atomic E-state index is 0.0552. The Bertz CT molecular complexity index is 953. The Balaban J connectivity index is 1.50. The Labute approximate surface area is 183 Å². The number of nitrogens with zero attached hydrogens (tertiary/aromatic N) is 3. The smallest absolute Gasteiger partial charge is 0.224 e. The summed E-state index contributed by atoms with van der Waals surface area (Å²) in [6.07, 6.45) is 5.76. The van der Waals surface area contributed by atoms with Crippen LogP contribution in [0.25, 0.3) is 0 Å². The predicted molar refractivity (Wildman–Crippen MR) is 120 cm³/mol. The molecule has 7 nitrogen and oxygen atoms in total. The largest absolute Gasteiger partial charge is 0.381 e. The van der Waals surface area contributed by atoms with E-state index in [2.05, 4.69) is 52.6 Å². The van der Waals surface area contributed by atoms with Crippen LogP contribution < -0.4 is 15.5 Å². The van der Waals surface area contributed by atoms with Crippen LogP contribution in [-0.4, -0.2) is 41.7 Å². The van der Waals surface area contributed by atoms with Crippen molar-refractivity contribution in [3.63, 3.8) is 0 Å². The number of carbonyl (C=O) groups is 1. The molecule has 4 atom stereocenters. The van der Waals surface area contributed by atoms with E-state index in [1.54, 1.807) is 6.92 Å². The van der Waals surface area contributed by atoms with Gasteiger partial charge in [0, 0.05) is 44.3 Å². The highest BCUT2D eigenvalue weighted by molar-refractivity contribution is 5.94. The van der Waals surface area contributed by atoms with Gasteiger partial charge in [-0.15, -0.1) is 0 Å². The molecule has 3 aliphatic rings. The summed E-state index contributed by atoms with van der Waals surface area (Å²) in [6, 6.07) is 7.12. The lowest BCUT2D eigenvalue weighted by Gasteiger charge is -2.44. The average molecular weight is 422 g/mol. The number of anilines is 2. The van der Waals surface area contributed by atoms with Gasteiger partial charge in [-0.25, -0.2) is 4.98 Å². The number of hydrogen-bond acceptors (Lipinski definition) is 6. The fraction of sp³-hybridized carbons (Fsp3) is 0.542. The summed E-state index contributed by atoms with van der Waals surface area (Å²) in [5.41, 5.74) is 4.48. The molecule has 2 saturated heterocycles. The minimum atomic E-state index is 0.0552. The zero-order chi connectivity index (χ0) is 21.5. The van der Waals surface area contributed by atoms with E-state index < -0.39 is 0 Å². The molecule has 5 rings (SSSR count). The highest BCUT2D eigenvalue weighted by Crippen LogP contribution is 2.44. The predicted octanol–water partition coefficient (Wildman–Crippen LogP) is 3.56. The number of nitrogens with one attached hydrogen (secondary N) is 2. The van der Waals surface area contributed by atoms with E-state index in [4.69, 9.17) is 4.74 Å². The second-order valence-corrected chi connectivity index (χ2v) is 9.10. The lowest BCUT2D eigenvalue weighted by molar-refractivity contribution is -0.117. The van der Waals surface area contributed by atoms with Gasteiger partial charge in [-0.05, 0) is 42.9 Å². The maximum absolute atomic E-state index is 12.5. The summed E-state index contributed by atoms with van der Waals surface area (Å²) in [7, 11) is 0. The van der Waals surface area contributed by atoms with Gasteiger partial charge in [-0.3, -0.25) is 9.78 Å². The van der Waals surface area contributed by atoms with Gasteiger partial charge >= 0.3 is 0 Å². The molecule has 0 aliphatic carbocycles. The summed E-state index contributed by atoms with van der Waals surface area (Å²) in [5, 5.41) is 6.90. The first-order chi connectivity index (χ1) is 15.0. The molecule has 2 aromatic rings. The Morgan fingerprint density at radius 2 is 1.97 bits per heavy atom. The molecule has 2 N–H and O–H groups in total. The summed E-state index contributed by atoms with van der Waals surface area (Å²) < 4.78 is 5.56. The van der Waals surface area contributed by atoms with Crippen LogP contribution in [0.4, 0.5) is 11.5 Å². The van der Waals surface area contributed by atoms with Crippen molar-refractivity contribution in [1.29, 1.82) is 0 Å². The normalized spacial score (nSPS) is 28.2. The van der Waals surface area contributed by atoms with E-state index in [0.29, 0.717) is 12.0 Å². The maximum Gasteiger partial charge on any atom is 0.224 e. The fourth-order valence-electron chi connectivity index (χ4n) is 5.03. The van der Waals surface area contributed by atoms with Gasteiger partial charge in [0.1, 0.15) is 5.82 Å². The molecule has 0 spiro atoms. The number of fused-ring (bicyclic) bond motifs is 1. The van der Waals surface area contributed by atoms with Crippen molar-refractivity contribution in [2.75, 3.05) is 30.0 Å². The SMILES string of the molecule is CC(=O)N1c2ccc(C3CCOCC3)cc2C(Nc2cnc(C3CN3)cn2)[C@@H](C)[C@@H]1C. The first kappa shape index (κ1) is 20.4. The molecule has 0 saturated carbocycles. The zero-order valence-corrected chi connectivity index (χ0v) is 18.5. The second-order valence-electron chi connectivity index (χ2n) is 9.10. The monoisotopic (exact) mass is 421 g/mol. The lowest BCUT2D eigenvalue weighted by atomic mass is 9.80. The fourth-order valence-corrected chi connectivity index (χ4v) is 5.03. The Morgan fingerprint density at radius 3 is 2.61 bits per heavy atom. The van der Waals surface area contributed by atoms with Gasteiger partial charge in [-0.2, -0.15) is 0 Å². The molecule has 2 fully saturated rings. The van der Waals surface area contributed by atoms with Crippen LogP contribution in [0.3, 0.4) is 0 Å². The van der Waals surface area contributed by atoms with E-state index in [1.165, 1.54) is 11.1 Å². The molecule has 0 bridgehead atoms. The summed E-state index contributed by atoms with van der Waals surface area (Å²) in [6.45, 7) is 8.59. The van der Waals surface area contributed by atoms with Crippen molar-refractivity contribution >= 4 is 17.4 Å². The number of rotatable bonds is 4. The molecule has 164 valence electrons. The molecule has 3 aliphatic heterocycles. The van der Waals surface area contributed by atoms with Crippen LogP contribution >= 0.6 is 0 Å². The molecule has 2 unspecified atom stereocenters. The van der Waals surface area contributed by atoms with Crippen LogP contribution in [0.2, 0.25) is 0 Å². The molecule has 1 amide bonds. The third kappa shape index (κ3) is 3.92. The second kappa shape index (κ2) is 8.20. The first-order valence-corrected chi connectivity index (χ1v) is 11.4. The highest BCUT2D eigenvalue weighted by atomic mass is 16.5. The molecule has 4 heterocycles. The first-order valence-electron chi connectivity index (χ1n) is 11.4. The lowest BCUT2D eigenvalue weighted by Crippen LogP contribution is -2.48. The third-order valence-corrected chi connectivity index (χ3v) is 7.11. The number of benzene rings is 1. The molecular weight excluding hydrogens is 390 g/mol. The van der Waals surface area contributed by atoms with E-state index in [9.17, 15) is 4.79 Å². The minimum Gasteiger partial charge on any atom is -0.381 e. The molecule has 7 heteroatoms. The number of ether oxygens (including phenoxy) is 1. The van der Waals surface area contributed by atoms with E-state index in [0.717, 1.165) is 49.8 Å². The maximum atomic E-state index is 12.5. The van der Waals surface area contributed by atoms with Gasteiger partial charge in [0.15, 0.2) is 0 Å². The van der Waals surface area contributed by atoms with Crippen molar-refractivity contribution in [1.82, 2.24) is 15.3 Å². The topological polar surface area (TPSA) is 89.3 Å². The quantitative estimate of drug-likeness (QED) is 0.734. The van der Waals surface area contributed by atoms with Crippen LogP contribution in [0.15, 0.2) is 30.6 Å². The van der Waals surface area contributed by atoms with Crippen molar-refractivity contribution in [3.8, 4) is 0 Å². The number of amides is 1. The molecule has 1 aromatic heterocycles. The van der Waals surface area contributed by atoms with Crippen molar-refractivity contribution < 1.29 is 9.53 Å². The third-order valence-electron chi connectivity index (χ3n) is 7.11. The standard InChI is InChI=1S/C24H31N5O2/c1-14-15(2)29(16(3)30)22-5-4-18(17-6-8-31-9-7-17)10-19(22)24(14)28-23-13-26-21(12-27-23)20-11-25-20/h4-5,10,12-15,17,20,24-25H,6-9,11H2,1-3H3,(H,27,28)/t14-,15-,20?,24?/m0/s1. The van der Waals surface area contributed by atoms with Crippen molar-refractivity contribution in [2.45, 2.75) is 57.7 Å². The van der Waals surface area contributed by atoms with Gasteiger partial charge in [-0.1, -0.05) is 19.1 Å². The van der Waals surface area contributed by atoms with E-state index in [-0.39, 0.29) is 23.9 Å². The van der Waals surface area contributed by atoms with Gasteiger partial charge in [0.05, 0.1) is 30.2 Å². The number of aromatic nitrogens is 2. The van der Waals surface area contributed by atoms with Crippen LogP contribution in [0.5, 0.6) is 0 Å². The Morgan fingerprint density at radius 1 is 1.19 bits per heavy atom. The summed E-state index contributed by atoms with van der Waals surface area (Å²) >= 11 is 0. The average Bonchev–Trinajstić information content (AvgIpc) is 3.63. The molecular formula is C24H31N5O2. The molecule has 1 aromatic carbocycles. The van der Waals surface area contributed by atoms with Crippen molar-refractivity contribution in [2.24, 2.45) is 5.92 Å². The van der Waals surface area contributed by atoms with Gasteiger partial charge < -0.3 is 20.3 Å². The molecule has 0 radical (unpaired) electrons. The van der Waals surface area contributed by atoms with E-state index in [1.807, 2.05) is 17.3 Å². The highest BCUT2D eigenvalue weighted by Gasteiger charge is 2.39. The van der Waals surface area contributed by atoms with Crippen LogP contribution in [0, 0.1) is 5.92 Å². The zero-order valence-electron chi connectivity index (χ0n) is 18.5. The van der Waals surface area contributed by atoms with Crippen LogP contribution in [-0.2, 0) is 9.53 Å². The Hall–Kier alpha value is -2.51. The van der Waals surface area contributed by atoms with E-state index >= 15 is 0 Å².